The van der Waals surface area contributed by atoms with Crippen LogP contribution < -0.4 is 10.9 Å². The second-order valence-corrected chi connectivity index (χ2v) is 4.61. The Bertz CT molecular complexity index is 412. The van der Waals surface area contributed by atoms with Crippen molar-refractivity contribution in [3.63, 3.8) is 0 Å². The van der Waals surface area contributed by atoms with Gasteiger partial charge in [0.05, 0.1) is 5.75 Å². The number of anilines is 1. The van der Waals surface area contributed by atoms with E-state index in [9.17, 15) is 8.42 Å². The minimum atomic E-state index is -3.46. The fourth-order valence-corrected chi connectivity index (χ4v) is 1.66. The summed E-state index contributed by atoms with van der Waals surface area (Å²) in [6.45, 7) is 1.86. The molecule has 0 saturated carbocycles. The third-order valence-corrected chi connectivity index (χ3v) is 2.45. The number of sulfonamides is 1. The molecule has 0 aromatic heterocycles. The molecule has 0 aliphatic rings. The molecule has 13 heavy (non-hydrogen) atoms. The van der Waals surface area contributed by atoms with E-state index >= 15 is 0 Å². The van der Waals surface area contributed by atoms with Crippen LogP contribution in [0.25, 0.3) is 0 Å². The van der Waals surface area contributed by atoms with E-state index in [0.29, 0.717) is 11.3 Å². The van der Waals surface area contributed by atoms with E-state index in [1.807, 2.05) is 6.92 Å². The molecule has 0 saturated heterocycles. The van der Waals surface area contributed by atoms with Crippen LogP contribution in [0.5, 0.6) is 0 Å². The number of aryl methyl sites for hydroxylation is 1. The van der Waals surface area contributed by atoms with Crippen molar-refractivity contribution in [2.75, 3.05) is 5.73 Å². The molecule has 0 amide bonds. The Morgan fingerprint density at radius 1 is 1.38 bits per heavy atom. The van der Waals surface area contributed by atoms with Crippen LogP contribution in [0, 0.1) is 6.92 Å². The quantitative estimate of drug-likeness (QED) is 0.676. The molecule has 4 nitrogen and oxygen atoms in total. The standard InChI is InChI=1S/C8H12N2O2S/c1-6-2-3-7(4-8(6)9)5-13(10,11)12/h2-4H,5,9H2,1H3,(H2,10,11,12). The smallest absolute Gasteiger partial charge is 0.213 e. The van der Waals surface area contributed by atoms with Gasteiger partial charge in [-0.3, -0.25) is 0 Å². The average Bonchev–Trinajstić information content (AvgIpc) is 1.94. The van der Waals surface area contributed by atoms with Gasteiger partial charge in [-0.15, -0.1) is 0 Å². The summed E-state index contributed by atoms with van der Waals surface area (Å²) in [5, 5.41) is 4.89. The number of hydrogen-bond acceptors (Lipinski definition) is 3. The number of primary sulfonamides is 1. The summed E-state index contributed by atoms with van der Waals surface area (Å²) in [6.07, 6.45) is 0. The number of rotatable bonds is 2. The van der Waals surface area contributed by atoms with Crippen molar-refractivity contribution in [2.45, 2.75) is 12.7 Å². The van der Waals surface area contributed by atoms with Gasteiger partial charge in [0.25, 0.3) is 0 Å². The zero-order valence-electron chi connectivity index (χ0n) is 7.32. The Kier molecular flexibility index (Phi) is 2.58. The van der Waals surface area contributed by atoms with Gasteiger partial charge in [0.15, 0.2) is 0 Å². The molecule has 0 unspecified atom stereocenters. The van der Waals surface area contributed by atoms with Crippen LogP contribution in [0.15, 0.2) is 18.2 Å². The van der Waals surface area contributed by atoms with Crippen molar-refractivity contribution >= 4 is 15.7 Å². The molecule has 1 rings (SSSR count). The Hall–Kier alpha value is -1.07. The number of hydrogen-bond donors (Lipinski definition) is 2. The second-order valence-electron chi connectivity index (χ2n) is 3.00. The molecule has 0 atom stereocenters. The van der Waals surface area contributed by atoms with Gasteiger partial charge in [-0.1, -0.05) is 12.1 Å². The van der Waals surface area contributed by atoms with Gasteiger partial charge in [-0.25, -0.2) is 13.6 Å². The Balaban J connectivity index is 2.99. The largest absolute Gasteiger partial charge is 0.399 e. The normalized spacial score (nSPS) is 11.5. The summed E-state index contributed by atoms with van der Waals surface area (Å²) < 4.78 is 21.5. The Morgan fingerprint density at radius 3 is 2.46 bits per heavy atom. The summed E-state index contributed by atoms with van der Waals surface area (Å²) in [6, 6.07) is 5.10. The van der Waals surface area contributed by atoms with Crippen LogP contribution in [0.4, 0.5) is 5.69 Å². The molecule has 0 aliphatic carbocycles. The topological polar surface area (TPSA) is 86.2 Å². The van der Waals surface area contributed by atoms with Crippen molar-refractivity contribution in [1.29, 1.82) is 0 Å². The fraction of sp³-hybridized carbons (Fsp3) is 0.250. The highest BCUT2D eigenvalue weighted by Crippen LogP contribution is 2.13. The predicted molar refractivity (Wildman–Crippen MR) is 52.4 cm³/mol. The first kappa shape index (κ1) is 10.0. The highest BCUT2D eigenvalue weighted by Gasteiger charge is 2.05. The van der Waals surface area contributed by atoms with Crippen molar-refractivity contribution in [3.05, 3.63) is 29.3 Å². The minimum absolute atomic E-state index is 0.169. The van der Waals surface area contributed by atoms with Crippen molar-refractivity contribution in [2.24, 2.45) is 5.14 Å². The van der Waals surface area contributed by atoms with Crippen LogP contribution in [-0.4, -0.2) is 8.42 Å². The second kappa shape index (κ2) is 3.35. The van der Waals surface area contributed by atoms with Gasteiger partial charge >= 0.3 is 0 Å². The SMILES string of the molecule is Cc1ccc(CS(N)(=O)=O)cc1N. The number of benzene rings is 1. The maximum absolute atomic E-state index is 10.7. The molecule has 0 heterocycles. The molecular formula is C8H12N2O2S. The average molecular weight is 200 g/mol. The number of nitrogen functional groups attached to an aromatic ring is 1. The lowest BCUT2D eigenvalue weighted by molar-refractivity contribution is 0.597. The molecule has 72 valence electrons. The van der Waals surface area contributed by atoms with Gasteiger partial charge in [-0.05, 0) is 24.1 Å². The van der Waals surface area contributed by atoms with E-state index in [2.05, 4.69) is 0 Å². The summed E-state index contributed by atoms with van der Waals surface area (Å²) in [4.78, 5) is 0. The van der Waals surface area contributed by atoms with Crippen molar-refractivity contribution < 1.29 is 8.42 Å². The Labute approximate surface area is 77.6 Å². The van der Waals surface area contributed by atoms with E-state index in [0.717, 1.165) is 5.56 Å². The molecular weight excluding hydrogens is 188 g/mol. The third kappa shape index (κ3) is 3.04. The third-order valence-electron chi connectivity index (χ3n) is 1.71. The van der Waals surface area contributed by atoms with Crippen LogP contribution in [0.1, 0.15) is 11.1 Å². The first-order valence-electron chi connectivity index (χ1n) is 3.74. The van der Waals surface area contributed by atoms with Crippen LogP contribution in [-0.2, 0) is 15.8 Å². The van der Waals surface area contributed by atoms with Gasteiger partial charge in [0.2, 0.25) is 10.0 Å². The van der Waals surface area contributed by atoms with E-state index in [1.165, 1.54) is 0 Å². The zero-order chi connectivity index (χ0) is 10.1. The summed E-state index contributed by atoms with van der Waals surface area (Å²) in [5.74, 6) is -0.169. The molecule has 0 radical (unpaired) electrons. The molecule has 4 N–H and O–H groups in total. The predicted octanol–water partition coefficient (Wildman–Crippen LogP) is 0.366. The van der Waals surface area contributed by atoms with Gasteiger partial charge in [0.1, 0.15) is 0 Å². The lowest BCUT2D eigenvalue weighted by atomic mass is 10.1. The maximum Gasteiger partial charge on any atom is 0.213 e. The number of nitrogens with two attached hydrogens (primary N) is 2. The lowest BCUT2D eigenvalue weighted by Gasteiger charge is -2.03. The minimum Gasteiger partial charge on any atom is -0.399 e. The summed E-state index contributed by atoms with van der Waals surface area (Å²) in [5.41, 5.74) is 7.73. The van der Waals surface area contributed by atoms with Gasteiger partial charge in [-0.2, -0.15) is 0 Å². The summed E-state index contributed by atoms with van der Waals surface area (Å²) >= 11 is 0. The molecule has 0 aliphatic heterocycles. The van der Waals surface area contributed by atoms with E-state index < -0.39 is 10.0 Å². The molecule has 0 bridgehead atoms. The van der Waals surface area contributed by atoms with Crippen LogP contribution in [0.2, 0.25) is 0 Å². The van der Waals surface area contributed by atoms with Gasteiger partial charge in [0, 0.05) is 5.69 Å². The van der Waals surface area contributed by atoms with Gasteiger partial charge < -0.3 is 5.73 Å². The van der Waals surface area contributed by atoms with Crippen molar-refractivity contribution in [1.82, 2.24) is 0 Å². The first-order chi connectivity index (χ1) is 5.88. The molecule has 5 heteroatoms. The fourth-order valence-electron chi connectivity index (χ4n) is 1.01. The molecule has 0 spiro atoms. The first-order valence-corrected chi connectivity index (χ1v) is 5.45. The zero-order valence-corrected chi connectivity index (χ0v) is 8.14. The Morgan fingerprint density at radius 2 is 2.00 bits per heavy atom. The molecule has 1 aromatic rings. The van der Waals surface area contributed by atoms with E-state index in [1.54, 1.807) is 18.2 Å². The van der Waals surface area contributed by atoms with E-state index in [-0.39, 0.29) is 5.75 Å². The molecule has 1 aromatic carbocycles. The lowest BCUT2D eigenvalue weighted by Crippen LogP contribution is -2.14. The van der Waals surface area contributed by atoms with E-state index in [4.69, 9.17) is 10.9 Å². The highest BCUT2D eigenvalue weighted by atomic mass is 32.2. The highest BCUT2D eigenvalue weighted by molar-refractivity contribution is 7.88. The van der Waals surface area contributed by atoms with Crippen LogP contribution >= 0.6 is 0 Å². The summed E-state index contributed by atoms with van der Waals surface area (Å²) in [7, 11) is -3.46. The maximum atomic E-state index is 10.7. The van der Waals surface area contributed by atoms with Crippen molar-refractivity contribution in [3.8, 4) is 0 Å². The van der Waals surface area contributed by atoms with Crippen LogP contribution in [0.3, 0.4) is 0 Å². The monoisotopic (exact) mass is 200 g/mol. The molecule has 0 fully saturated rings.